The van der Waals surface area contributed by atoms with Crippen LogP contribution in [0.2, 0.25) is 5.02 Å². The molecular weight excluding hydrogens is 266 g/mol. The van der Waals surface area contributed by atoms with Gasteiger partial charge in [0.05, 0.1) is 17.2 Å². The molecule has 2 unspecified atom stereocenters. The molecule has 1 aromatic rings. The number of anilines is 1. The third kappa shape index (κ3) is 3.58. The molecule has 0 aromatic carbocycles. The molecule has 5 nitrogen and oxygen atoms in total. The number of nitrogens with two attached hydrogens (primary N) is 1. The summed E-state index contributed by atoms with van der Waals surface area (Å²) in [5.74, 6) is -0.140. The van der Waals surface area contributed by atoms with Crippen LogP contribution in [0.25, 0.3) is 0 Å². The fraction of sp³-hybridized carbons (Fsp3) is 0.538. The van der Waals surface area contributed by atoms with E-state index in [2.05, 4.69) is 10.3 Å². The van der Waals surface area contributed by atoms with E-state index in [1.165, 1.54) is 0 Å². The zero-order valence-corrected chi connectivity index (χ0v) is 11.4. The van der Waals surface area contributed by atoms with Crippen molar-refractivity contribution in [2.24, 2.45) is 0 Å². The van der Waals surface area contributed by atoms with E-state index in [0.717, 1.165) is 25.7 Å². The van der Waals surface area contributed by atoms with E-state index >= 15 is 0 Å². The maximum Gasteiger partial charge on any atom is 0.271 e. The average Bonchev–Trinajstić information content (AvgIpc) is 2.58. The maximum absolute atomic E-state index is 12.1. The summed E-state index contributed by atoms with van der Waals surface area (Å²) >= 11 is 5.94. The van der Waals surface area contributed by atoms with Gasteiger partial charge in [0.15, 0.2) is 0 Å². The van der Waals surface area contributed by atoms with Crippen LogP contribution < -0.4 is 11.1 Å². The molecule has 0 spiro atoms. The molecule has 0 radical (unpaired) electrons. The number of nitrogen functional groups attached to an aromatic ring is 1. The van der Waals surface area contributed by atoms with Crippen LogP contribution in [0.3, 0.4) is 0 Å². The Morgan fingerprint density at radius 2 is 2.11 bits per heavy atom. The van der Waals surface area contributed by atoms with Crippen molar-refractivity contribution in [3.63, 3.8) is 0 Å². The minimum absolute atomic E-state index is 0.109. The van der Waals surface area contributed by atoms with E-state index in [1.54, 1.807) is 12.1 Å². The molecule has 1 aliphatic carbocycles. The fourth-order valence-electron chi connectivity index (χ4n) is 2.31. The number of aromatic nitrogens is 1. The lowest BCUT2D eigenvalue weighted by Gasteiger charge is -2.21. The average molecular weight is 284 g/mol. The Bertz CT molecular complexity index is 467. The first-order chi connectivity index (χ1) is 9.08. The van der Waals surface area contributed by atoms with Crippen molar-refractivity contribution in [2.45, 2.75) is 44.2 Å². The number of amides is 1. The number of hydrogen-bond donors (Lipinski definition) is 3. The first-order valence-electron chi connectivity index (χ1n) is 6.49. The number of aliphatic hydroxyl groups excluding tert-OH is 1. The lowest BCUT2D eigenvalue weighted by Crippen LogP contribution is -2.43. The number of hydrogen-bond acceptors (Lipinski definition) is 4. The van der Waals surface area contributed by atoms with Gasteiger partial charge in [0, 0.05) is 0 Å². The molecular formula is C13H18ClN3O2. The fourth-order valence-corrected chi connectivity index (χ4v) is 2.50. The van der Waals surface area contributed by atoms with Crippen molar-refractivity contribution in [3.8, 4) is 0 Å². The predicted molar refractivity (Wildman–Crippen MR) is 74.0 cm³/mol. The Hall–Kier alpha value is -1.33. The van der Waals surface area contributed by atoms with Gasteiger partial charge in [-0.3, -0.25) is 4.79 Å². The largest absolute Gasteiger partial charge is 0.391 e. The SMILES string of the molecule is Nc1ccc(Cl)c(C(=O)NC2CCCCCC2O)n1. The van der Waals surface area contributed by atoms with Gasteiger partial charge in [0.25, 0.3) is 5.91 Å². The maximum atomic E-state index is 12.1. The Morgan fingerprint density at radius 1 is 1.37 bits per heavy atom. The van der Waals surface area contributed by atoms with Crippen LogP contribution in [-0.2, 0) is 0 Å². The molecule has 1 heterocycles. The molecule has 1 amide bonds. The van der Waals surface area contributed by atoms with Crippen LogP contribution in [0.1, 0.15) is 42.6 Å². The van der Waals surface area contributed by atoms with Crippen LogP contribution in [0.15, 0.2) is 12.1 Å². The summed E-state index contributed by atoms with van der Waals surface area (Å²) in [6, 6.07) is 2.84. The quantitative estimate of drug-likeness (QED) is 0.722. The highest BCUT2D eigenvalue weighted by atomic mass is 35.5. The molecule has 0 aliphatic heterocycles. The van der Waals surface area contributed by atoms with Crippen LogP contribution in [0.4, 0.5) is 5.82 Å². The number of halogens is 1. The summed E-state index contributed by atoms with van der Waals surface area (Å²) in [7, 11) is 0. The predicted octanol–water partition coefficient (Wildman–Crippen LogP) is 1.74. The number of carbonyl (C=O) groups excluding carboxylic acids is 1. The minimum atomic E-state index is -0.508. The van der Waals surface area contributed by atoms with Crippen molar-refractivity contribution < 1.29 is 9.90 Å². The molecule has 1 aromatic heterocycles. The van der Waals surface area contributed by atoms with Crippen molar-refractivity contribution in [2.75, 3.05) is 5.73 Å². The summed E-state index contributed by atoms with van der Waals surface area (Å²) < 4.78 is 0. The molecule has 2 rings (SSSR count). The Morgan fingerprint density at radius 3 is 2.89 bits per heavy atom. The highest BCUT2D eigenvalue weighted by Crippen LogP contribution is 2.20. The monoisotopic (exact) mass is 283 g/mol. The van der Waals surface area contributed by atoms with Gasteiger partial charge < -0.3 is 16.2 Å². The van der Waals surface area contributed by atoms with Crippen molar-refractivity contribution in [3.05, 3.63) is 22.8 Å². The van der Waals surface area contributed by atoms with E-state index in [1.807, 2.05) is 0 Å². The summed E-state index contributed by atoms with van der Waals surface area (Å²) in [5, 5.41) is 13.0. The smallest absolute Gasteiger partial charge is 0.271 e. The summed E-state index contributed by atoms with van der Waals surface area (Å²) in [5.41, 5.74) is 5.66. The standard InChI is InChI=1S/C13H18ClN3O2/c14-8-6-7-11(15)17-12(8)13(19)16-9-4-2-1-3-5-10(9)18/h6-7,9-10,18H,1-5H2,(H2,15,17)(H,16,19). The second kappa shape index (κ2) is 6.21. The molecule has 4 N–H and O–H groups in total. The second-order valence-corrected chi connectivity index (χ2v) is 5.26. The van der Waals surface area contributed by atoms with Gasteiger partial charge in [0.1, 0.15) is 11.5 Å². The topological polar surface area (TPSA) is 88.2 Å². The number of rotatable bonds is 2. The third-order valence-corrected chi connectivity index (χ3v) is 3.68. The molecule has 19 heavy (non-hydrogen) atoms. The van der Waals surface area contributed by atoms with Crippen LogP contribution >= 0.6 is 11.6 Å². The zero-order chi connectivity index (χ0) is 13.8. The number of aliphatic hydroxyl groups is 1. The van der Waals surface area contributed by atoms with Gasteiger partial charge in [-0.2, -0.15) is 0 Å². The van der Waals surface area contributed by atoms with Gasteiger partial charge in [-0.15, -0.1) is 0 Å². The lowest BCUT2D eigenvalue weighted by atomic mass is 10.1. The summed E-state index contributed by atoms with van der Waals surface area (Å²) in [6.07, 6.45) is 4.05. The number of pyridine rings is 1. The van der Waals surface area contributed by atoms with Crippen molar-refractivity contribution >= 4 is 23.3 Å². The van der Waals surface area contributed by atoms with Gasteiger partial charge in [-0.25, -0.2) is 4.98 Å². The van der Waals surface area contributed by atoms with E-state index in [9.17, 15) is 9.90 Å². The lowest BCUT2D eigenvalue weighted by molar-refractivity contribution is 0.0814. The molecule has 0 bridgehead atoms. The third-order valence-electron chi connectivity index (χ3n) is 3.38. The van der Waals surface area contributed by atoms with E-state index in [4.69, 9.17) is 17.3 Å². The van der Waals surface area contributed by atoms with Gasteiger partial charge in [-0.1, -0.05) is 30.9 Å². The Balaban J connectivity index is 2.09. The van der Waals surface area contributed by atoms with Gasteiger partial charge >= 0.3 is 0 Å². The first kappa shape index (κ1) is 14.1. The van der Waals surface area contributed by atoms with Gasteiger partial charge in [-0.05, 0) is 25.0 Å². The van der Waals surface area contributed by atoms with Crippen molar-refractivity contribution in [1.29, 1.82) is 0 Å². The van der Waals surface area contributed by atoms with Crippen molar-refractivity contribution in [1.82, 2.24) is 10.3 Å². The van der Waals surface area contributed by atoms with Crippen LogP contribution in [0.5, 0.6) is 0 Å². The minimum Gasteiger partial charge on any atom is -0.391 e. The number of nitrogens with zero attached hydrogens (tertiary/aromatic N) is 1. The Labute approximate surface area is 117 Å². The molecule has 1 fully saturated rings. The molecule has 1 aliphatic rings. The number of carbonyl (C=O) groups is 1. The summed E-state index contributed by atoms with van der Waals surface area (Å²) in [4.78, 5) is 16.1. The summed E-state index contributed by atoms with van der Waals surface area (Å²) in [6.45, 7) is 0. The van der Waals surface area contributed by atoms with E-state index in [-0.39, 0.29) is 28.5 Å². The van der Waals surface area contributed by atoms with E-state index in [0.29, 0.717) is 6.42 Å². The highest BCUT2D eigenvalue weighted by Gasteiger charge is 2.24. The molecule has 6 heteroatoms. The second-order valence-electron chi connectivity index (χ2n) is 4.85. The first-order valence-corrected chi connectivity index (χ1v) is 6.86. The normalized spacial score (nSPS) is 23.7. The molecule has 1 saturated carbocycles. The number of nitrogens with one attached hydrogen (secondary N) is 1. The molecule has 0 saturated heterocycles. The molecule has 2 atom stereocenters. The highest BCUT2D eigenvalue weighted by molar-refractivity contribution is 6.33. The Kier molecular flexibility index (Phi) is 4.61. The van der Waals surface area contributed by atoms with Crippen LogP contribution in [0, 0.1) is 0 Å². The molecule has 104 valence electrons. The van der Waals surface area contributed by atoms with E-state index < -0.39 is 6.10 Å². The van der Waals surface area contributed by atoms with Gasteiger partial charge in [0.2, 0.25) is 0 Å². The zero-order valence-electron chi connectivity index (χ0n) is 10.6. The van der Waals surface area contributed by atoms with Crippen LogP contribution in [-0.4, -0.2) is 28.1 Å².